The minimum Gasteiger partial charge on any atom is -0.308 e. The van der Waals surface area contributed by atoms with Crippen molar-refractivity contribution in [2.45, 2.75) is 56.3 Å². The van der Waals surface area contributed by atoms with Crippen LogP contribution in [-0.2, 0) is 0 Å². The van der Waals surface area contributed by atoms with E-state index in [1.165, 1.54) is 0 Å². The second-order valence-electron chi connectivity index (χ2n) is 6.29. The first-order valence-electron chi connectivity index (χ1n) is 7.03. The van der Waals surface area contributed by atoms with E-state index in [1.54, 1.807) is 4.90 Å². The Kier molecular flexibility index (Phi) is 3.09. The normalized spacial score (nSPS) is 33.2. The van der Waals surface area contributed by atoms with Crippen LogP contribution in [0.2, 0.25) is 0 Å². The molecule has 0 aromatic heterocycles. The molecule has 0 aromatic rings. The fourth-order valence-corrected chi connectivity index (χ4v) is 3.75. The number of halogens is 3. The highest BCUT2D eigenvalue weighted by molar-refractivity contribution is 5.04. The minimum absolute atomic E-state index is 0.0172. The zero-order valence-electron chi connectivity index (χ0n) is 10.6. The monoisotopic (exact) mass is 262 g/mol. The van der Waals surface area contributed by atoms with E-state index in [1.807, 2.05) is 0 Å². The van der Waals surface area contributed by atoms with E-state index in [4.69, 9.17) is 0 Å². The molecule has 2 aliphatic carbocycles. The highest BCUT2D eigenvalue weighted by Crippen LogP contribution is 2.41. The molecular formula is C13H21F3N2. The Hall–Kier alpha value is -0.290. The standard InChI is InChI=1S/C13H21F3N2/c14-13(15,16)9-18-8-12(5-1-2-6-12)17-7-11(18)10-3-4-10/h10-11,17H,1-9H2. The maximum Gasteiger partial charge on any atom is 0.401 e. The Balaban J connectivity index is 1.71. The van der Waals surface area contributed by atoms with Gasteiger partial charge in [0.2, 0.25) is 0 Å². The molecule has 3 rings (SSSR count). The van der Waals surface area contributed by atoms with Gasteiger partial charge in [-0.2, -0.15) is 13.2 Å². The molecule has 0 radical (unpaired) electrons. The molecule has 0 aromatic carbocycles. The lowest BCUT2D eigenvalue weighted by Gasteiger charge is -2.46. The molecule has 1 N–H and O–H groups in total. The number of hydrogen-bond donors (Lipinski definition) is 1. The van der Waals surface area contributed by atoms with Gasteiger partial charge in [0, 0.05) is 24.7 Å². The van der Waals surface area contributed by atoms with E-state index in [9.17, 15) is 13.2 Å². The second-order valence-corrected chi connectivity index (χ2v) is 6.29. The molecule has 0 amide bonds. The van der Waals surface area contributed by atoms with Crippen LogP contribution in [0.5, 0.6) is 0 Å². The summed E-state index contributed by atoms with van der Waals surface area (Å²) in [7, 11) is 0. The minimum atomic E-state index is -4.07. The predicted octanol–water partition coefficient (Wildman–Crippen LogP) is 2.55. The number of hydrogen-bond acceptors (Lipinski definition) is 2. The summed E-state index contributed by atoms with van der Waals surface area (Å²) in [6.07, 6.45) is 2.53. The Morgan fingerprint density at radius 3 is 2.39 bits per heavy atom. The van der Waals surface area contributed by atoms with Gasteiger partial charge in [0.05, 0.1) is 6.54 Å². The van der Waals surface area contributed by atoms with Gasteiger partial charge in [0.15, 0.2) is 0 Å². The number of piperazine rings is 1. The van der Waals surface area contributed by atoms with Gasteiger partial charge in [-0.05, 0) is 31.6 Å². The van der Waals surface area contributed by atoms with Crippen LogP contribution in [0.3, 0.4) is 0 Å². The van der Waals surface area contributed by atoms with Crippen molar-refractivity contribution in [1.82, 2.24) is 10.2 Å². The number of nitrogens with one attached hydrogen (secondary N) is 1. The molecule has 104 valence electrons. The SMILES string of the molecule is FC(F)(F)CN1CC2(CCCC2)NCC1C1CC1. The maximum absolute atomic E-state index is 12.7. The zero-order valence-corrected chi connectivity index (χ0v) is 10.6. The van der Waals surface area contributed by atoms with Crippen molar-refractivity contribution in [3.05, 3.63) is 0 Å². The van der Waals surface area contributed by atoms with Crippen molar-refractivity contribution < 1.29 is 13.2 Å². The number of nitrogens with zero attached hydrogens (tertiary/aromatic N) is 1. The van der Waals surface area contributed by atoms with Crippen molar-refractivity contribution >= 4 is 0 Å². The van der Waals surface area contributed by atoms with Crippen molar-refractivity contribution in [1.29, 1.82) is 0 Å². The fraction of sp³-hybridized carbons (Fsp3) is 1.00. The first-order valence-corrected chi connectivity index (χ1v) is 7.03. The van der Waals surface area contributed by atoms with Crippen LogP contribution in [-0.4, -0.2) is 42.3 Å². The number of alkyl halides is 3. The molecule has 1 atom stereocenters. The molecule has 18 heavy (non-hydrogen) atoms. The third-order valence-corrected chi connectivity index (χ3v) is 4.77. The van der Waals surface area contributed by atoms with Crippen LogP contribution in [0.4, 0.5) is 13.2 Å². The Bertz CT molecular complexity index is 306. The van der Waals surface area contributed by atoms with Gasteiger partial charge >= 0.3 is 6.18 Å². The molecule has 1 spiro atoms. The Morgan fingerprint density at radius 1 is 1.17 bits per heavy atom. The summed E-state index contributed by atoms with van der Waals surface area (Å²) < 4.78 is 38.1. The van der Waals surface area contributed by atoms with Crippen LogP contribution in [0.25, 0.3) is 0 Å². The van der Waals surface area contributed by atoms with Gasteiger partial charge in [-0.15, -0.1) is 0 Å². The average Bonchev–Trinajstić information content (AvgIpc) is 2.99. The summed E-state index contributed by atoms with van der Waals surface area (Å²) in [6, 6.07) is 0.109. The average molecular weight is 262 g/mol. The van der Waals surface area contributed by atoms with Crippen LogP contribution >= 0.6 is 0 Å². The molecule has 1 aliphatic heterocycles. The lowest BCUT2D eigenvalue weighted by Crippen LogP contribution is -2.64. The second kappa shape index (κ2) is 4.37. The highest BCUT2D eigenvalue weighted by Gasteiger charge is 2.48. The topological polar surface area (TPSA) is 15.3 Å². The number of rotatable bonds is 2. The molecule has 1 unspecified atom stereocenters. The van der Waals surface area contributed by atoms with E-state index in [-0.39, 0.29) is 11.6 Å². The van der Waals surface area contributed by atoms with E-state index in [0.717, 1.165) is 45.1 Å². The molecule has 1 saturated heterocycles. The van der Waals surface area contributed by atoms with Gasteiger partial charge < -0.3 is 5.32 Å². The summed E-state index contributed by atoms with van der Waals surface area (Å²) in [4.78, 5) is 1.72. The summed E-state index contributed by atoms with van der Waals surface area (Å²) in [5.74, 6) is 0.499. The van der Waals surface area contributed by atoms with Crippen molar-refractivity contribution in [3.8, 4) is 0 Å². The van der Waals surface area contributed by atoms with Gasteiger partial charge in [0.25, 0.3) is 0 Å². The molecule has 5 heteroatoms. The molecule has 1 heterocycles. The first kappa shape index (κ1) is 12.7. The maximum atomic E-state index is 12.7. The molecular weight excluding hydrogens is 241 g/mol. The van der Waals surface area contributed by atoms with Gasteiger partial charge in [-0.1, -0.05) is 12.8 Å². The third-order valence-electron chi connectivity index (χ3n) is 4.77. The summed E-state index contributed by atoms with van der Waals surface area (Å²) in [6.45, 7) is 0.617. The molecule has 2 nitrogen and oxygen atoms in total. The fourth-order valence-electron chi connectivity index (χ4n) is 3.75. The van der Waals surface area contributed by atoms with Crippen LogP contribution in [0, 0.1) is 5.92 Å². The van der Waals surface area contributed by atoms with Gasteiger partial charge in [-0.3, -0.25) is 4.90 Å². The van der Waals surface area contributed by atoms with Crippen LogP contribution in [0.15, 0.2) is 0 Å². The van der Waals surface area contributed by atoms with Crippen molar-refractivity contribution in [3.63, 3.8) is 0 Å². The van der Waals surface area contributed by atoms with Crippen LogP contribution in [0.1, 0.15) is 38.5 Å². The Labute approximate surface area is 106 Å². The Morgan fingerprint density at radius 2 is 1.83 bits per heavy atom. The highest BCUT2D eigenvalue weighted by atomic mass is 19.4. The third kappa shape index (κ3) is 2.67. The lowest BCUT2D eigenvalue weighted by molar-refractivity contribution is -0.157. The molecule has 0 bridgehead atoms. The molecule has 3 aliphatic rings. The largest absolute Gasteiger partial charge is 0.401 e. The van der Waals surface area contributed by atoms with Crippen molar-refractivity contribution in [2.75, 3.05) is 19.6 Å². The molecule has 2 saturated carbocycles. The van der Waals surface area contributed by atoms with Crippen LogP contribution < -0.4 is 5.32 Å². The summed E-state index contributed by atoms with van der Waals surface area (Å²) in [5, 5.41) is 3.57. The lowest BCUT2D eigenvalue weighted by atomic mass is 9.91. The zero-order chi connectivity index (χ0) is 12.8. The summed E-state index contributed by atoms with van der Waals surface area (Å²) >= 11 is 0. The summed E-state index contributed by atoms with van der Waals surface area (Å²) in [5.41, 5.74) is -0.0172. The van der Waals surface area contributed by atoms with Crippen molar-refractivity contribution in [2.24, 2.45) is 5.92 Å². The van der Waals surface area contributed by atoms with Gasteiger partial charge in [0.1, 0.15) is 0 Å². The van der Waals surface area contributed by atoms with E-state index < -0.39 is 12.7 Å². The van der Waals surface area contributed by atoms with Gasteiger partial charge in [-0.25, -0.2) is 0 Å². The quantitative estimate of drug-likeness (QED) is 0.822. The predicted molar refractivity (Wildman–Crippen MR) is 63.3 cm³/mol. The first-order chi connectivity index (χ1) is 8.48. The van der Waals surface area contributed by atoms with E-state index in [2.05, 4.69) is 5.32 Å². The smallest absolute Gasteiger partial charge is 0.308 e. The molecule has 3 fully saturated rings. The van der Waals surface area contributed by atoms with E-state index in [0.29, 0.717) is 12.5 Å². The van der Waals surface area contributed by atoms with E-state index >= 15 is 0 Å².